The molecule has 0 fully saturated rings. The maximum absolute atomic E-state index is 12.6. The standard InChI is InChI=1S/C23H26N4O2S/c1-17-8-6-12-20(24-17)25-22(29)16-27(2)14-13-21(28)26-23(19-11-7-15-30-19)18-9-4-3-5-10-18/h3-12,15,23H,13-14,16H2,1-2H3,(H,26,28)(H,24,25,29). The first-order valence-corrected chi connectivity index (χ1v) is 10.7. The zero-order valence-electron chi connectivity index (χ0n) is 17.2. The molecule has 2 N–H and O–H groups in total. The Morgan fingerprint density at radius 3 is 2.53 bits per heavy atom. The van der Waals surface area contributed by atoms with E-state index in [0.717, 1.165) is 16.1 Å². The Hall–Kier alpha value is -3.03. The van der Waals surface area contributed by atoms with E-state index in [9.17, 15) is 9.59 Å². The molecule has 30 heavy (non-hydrogen) atoms. The molecule has 2 aromatic heterocycles. The molecule has 0 aliphatic rings. The predicted octanol–water partition coefficient (Wildman–Crippen LogP) is 3.62. The lowest BCUT2D eigenvalue weighted by molar-refractivity contribution is -0.122. The van der Waals surface area contributed by atoms with Gasteiger partial charge in [-0.3, -0.25) is 14.5 Å². The molecule has 0 spiro atoms. The van der Waals surface area contributed by atoms with Crippen molar-refractivity contribution in [2.24, 2.45) is 0 Å². The zero-order valence-corrected chi connectivity index (χ0v) is 18.0. The lowest BCUT2D eigenvalue weighted by Crippen LogP contribution is -2.35. The van der Waals surface area contributed by atoms with Crippen LogP contribution in [-0.2, 0) is 9.59 Å². The number of aryl methyl sites for hydroxylation is 1. The van der Waals surface area contributed by atoms with Crippen LogP contribution in [0.5, 0.6) is 0 Å². The Morgan fingerprint density at radius 1 is 1.03 bits per heavy atom. The van der Waals surface area contributed by atoms with E-state index in [-0.39, 0.29) is 24.4 Å². The zero-order chi connectivity index (χ0) is 21.3. The minimum Gasteiger partial charge on any atom is -0.344 e. The molecule has 1 aromatic carbocycles. The summed E-state index contributed by atoms with van der Waals surface area (Å²) in [4.78, 5) is 32.0. The van der Waals surface area contributed by atoms with Crippen LogP contribution in [0.4, 0.5) is 5.82 Å². The van der Waals surface area contributed by atoms with Crippen molar-refractivity contribution in [2.45, 2.75) is 19.4 Å². The van der Waals surface area contributed by atoms with Gasteiger partial charge in [-0.2, -0.15) is 0 Å². The fraction of sp³-hybridized carbons (Fsp3) is 0.261. The second-order valence-electron chi connectivity index (χ2n) is 7.13. The number of hydrogen-bond acceptors (Lipinski definition) is 5. The van der Waals surface area contributed by atoms with Gasteiger partial charge in [0.05, 0.1) is 12.6 Å². The van der Waals surface area contributed by atoms with Crippen LogP contribution in [0.2, 0.25) is 0 Å². The topological polar surface area (TPSA) is 74.3 Å². The molecule has 1 unspecified atom stereocenters. The second kappa shape index (κ2) is 10.7. The summed E-state index contributed by atoms with van der Waals surface area (Å²) in [6, 6.07) is 19.3. The highest BCUT2D eigenvalue weighted by Gasteiger charge is 2.18. The van der Waals surface area contributed by atoms with Crippen LogP contribution in [0.3, 0.4) is 0 Å². The summed E-state index contributed by atoms with van der Waals surface area (Å²) in [5.74, 6) is 0.328. The van der Waals surface area contributed by atoms with Crippen molar-refractivity contribution in [1.82, 2.24) is 15.2 Å². The highest BCUT2D eigenvalue weighted by atomic mass is 32.1. The first-order chi connectivity index (χ1) is 14.5. The first kappa shape index (κ1) is 21.7. The number of pyridine rings is 1. The Morgan fingerprint density at radius 2 is 1.83 bits per heavy atom. The van der Waals surface area contributed by atoms with Gasteiger partial charge in [0.15, 0.2) is 0 Å². The summed E-state index contributed by atoms with van der Waals surface area (Å²) < 4.78 is 0. The summed E-state index contributed by atoms with van der Waals surface area (Å²) in [7, 11) is 1.82. The average Bonchev–Trinajstić information content (AvgIpc) is 3.25. The number of carbonyl (C=O) groups excluding carboxylic acids is 2. The Bertz CT molecular complexity index is 960. The van der Waals surface area contributed by atoms with Crippen molar-refractivity contribution in [3.8, 4) is 0 Å². The van der Waals surface area contributed by atoms with Crippen molar-refractivity contribution in [3.05, 3.63) is 82.2 Å². The van der Waals surface area contributed by atoms with E-state index < -0.39 is 0 Å². The van der Waals surface area contributed by atoms with Crippen molar-refractivity contribution in [2.75, 3.05) is 25.5 Å². The third kappa shape index (κ3) is 6.50. The molecule has 3 aromatic rings. The van der Waals surface area contributed by atoms with E-state index in [2.05, 4.69) is 15.6 Å². The van der Waals surface area contributed by atoms with Crippen LogP contribution in [0, 0.1) is 6.92 Å². The molecule has 1 atom stereocenters. The summed E-state index contributed by atoms with van der Waals surface area (Å²) in [5.41, 5.74) is 1.89. The fourth-order valence-electron chi connectivity index (χ4n) is 3.06. The molecule has 2 amide bonds. The normalized spacial score (nSPS) is 11.8. The molecular formula is C23H26N4O2S. The molecule has 6 nitrogen and oxygen atoms in total. The number of aromatic nitrogens is 1. The van der Waals surface area contributed by atoms with Gasteiger partial charge in [0.25, 0.3) is 0 Å². The number of nitrogens with zero attached hydrogens (tertiary/aromatic N) is 2. The van der Waals surface area contributed by atoms with Crippen molar-refractivity contribution in [1.29, 1.82) is 0 Å². The van der Waals surface area contributed by atoms with Gasteiger partial charge in [-0.05, 0) is 43.1 Å². The summed E-state index contributed by atoms with van der Waals surface area (Å²) >= 11 is 1.62. The van der Waals surface area contributed by atoms with Gasteiger partial charge in [0.2, 0.25) is 11.8 Å². The van der Waals surface area contributed by atoms with Crippen molar-refractivity contribution < 1.29 is 9.59 Å². The van der Waals surface area contributed by atoms with Gasteiger partial charge in [0, 0.05) is 23.5 Å². The van der Waals surface area contributed by atoms with Crippen LogP contribution >= 0.6 is 11.3 Å². The number of amides is 2. The number of thiophene rings is 1. The number of benzene rings is 1. The third-order valence-corrected chi connectivity index (χ3v) is 5.49. The summed E-state index contributed by atoms with van der Waals surface area (Å²) in [6.45, 7) is 2.54. The molecule has 0 bridgehead atoms. The number of anilines is 1. The number of likely N-dealkylation sites (N-methyl/N-ethyl adjacent to an activating group) is 1. The van der Waals surface area contributed by atoms with Crippen LogP contribution in [-0.4, -0.2) is 41.8 Å². The maximum atomic E-state index is 12.6. The molecule has 7 heteroatoms. The van der Waals surface area contributed by atoms with E-state index >= 15 is 0 Å². The molecule has 0 aliphatic heterocycles. The SMILES string of the molecule is Cc1cccc(NC(=O)CN(C)CCC(=O)NC(c2ccccc2)c2cccs2)n1. The Kier molecular flexibility index (Phi) is 7.70. The largest absolute Gasteiger partial charge is 0.344 e. The summed E-state index contributed by atoms with van der Waals surface area (Å²) in [6.07, 6.45) is 0.307. The molecule has 156 valence electrons. The highest BCUT2D eigenvalue weighted by Crippen LogP contribution is 2.25. The lowest BCUT2D eigenvalue weighted by Gasteiger charge is -2.20. The van der Waals surface area contributed by atoms with Crippen LogP contribution < -0.4 is 10.6 Å². The highest BCUT2D eigenvalue weighted by molar-refractivity contribution is 7.10. The Balaban J connectivity index is 1.49. The van der Waals surface area contributed by atoms with Gasteiger partial charge in [-0.15, -0.1) is 11.3 Å². The first-order valence-electron chi connectivity index (χ1n) is 9.81. The minimum absolute atomic E-state index is 0.0511. The second-order valence-corrected chi connectivity index (χ2v) is 8.11. The molecule has 0 radical (unpaired) electrons. The molecular weight excluding hydrogens is 396 g/mol. The van der Waals surface area contributed by atoms with Gasteiger partial charge < -0.3 is 10.6 Å². The van der Waals surface area contributed by atoms with E-state index in [1.807, 2.05) is 78.8 Å². The lowest BCUT2D eigenvalue weighted by atomic mass is 10.1. The molecule has 0 aliphatic carbocycles. The number of carbonyl (C=O) groups is 2. The van der Waals surface area contributed by atoms with E-state index in [1.54, 1.807) is 17.4 Å². The van der Waals surface area contributed by atoms with E-state index in [4.69, 9.17) is 0 Å². The van der Waals surface area contributed by atoms with Gasteiger partial charge in [-0.1, -0.05) is 42.5 Å². The van der Waals surface area contributed by atoms with Crippen molar-refractivity contribution >= 4 is 29.0 Å². The fourth-order valence-corrected chi connectivity index (χ4v) is 3.87. The third-order valence-electron chi connectivity index (χ3n) is 4.56. The number of nitrogens with one attached hydrogen (secondary N) is 2. The number of rotatable bonds is 9. The van der Waals surface area contributed by atoms with Crippen LogP contribution in [0.1, 0.15) is 28.6 Å². The monoisotopic (exact) mass is 422 g/mol. The van der Waals surface area contributed by atoms with Crippen molar-refractivity contribution in [3.63, 3.8) is 0 Å². The molecule has 0 saturated carbocycles. The maximum Gasteiger partial charge on any atom is 0.239 e. The van der Waals surface area contributed by atoms with Crippen LogP contribution in [0.25, 0.3) is 0 Å². The van der Waals surface area contributed by atoms with E-state index in [1.165, 1.54) is 0 Å². The quantitative estimate of drug-likeness (QED) is 0.552. The average molecular weight is 423 g/mol. The minimum atomic E-state index is -0.167. The number of hydrogen-bond donors (Lipinski definition) is 2. The molecule has 3 rings (SSSR count). The van der Waals surface area contributed by atoms with E-state index in [0.29, 0.717) is 18.8 Å². The van der Waals surface area contributed by atoms with Gasteiger partial charge in [0.1, 0.15) is 5.82 Å². The molecule has 0 saturated heterocycles. The molecule has 2 heterocycles. The van der Waals surface area contributed by atoms with Gasteiger partial charge >= 0.3 is 0 Å². The van der Waals surface area contributed by atoms with Crippen LogP contribution in [0.15, 0.2) is 66.0 Å². The van der Waals surface area contributed by atoms with Gasteiger partial charge in [-0.25, -0.2) is 4.98 Å². The Labute approximate surface area is 181 Å². The predicted molar refractivity (Wildman–Crippen MR) is 120 cm³/mol. The smallest absolute Gasteiger partial charge is 0.239 e. The summed E-state index contributed by atoms with van der Waals surface area (Å²) in [5, 5.41) is 7.91.